The van der Waals surface area contributed by atoms with Gasteiger partial charge in [-0.15, -0.1) is 0 Å². The third-order valence-corrected chi connectivity index (χ3v) is 5.85. The van der Waals surface area contributed by atoms with E-state index in [1.807, 2.05) is 72.8 Å². The third kappa shape index (κ3) is 2.13. The summed E-state index contributed by atoms with van der Waals surface area (Å²) >= 11 is 0. The van der Waals surface area contributed by atoms with Gasteiger partial charge >= 0.3 is 5.52 Å². The van der Waals surface area contributed by atoms with Crippen molar-refractivity contribution < 1.29 is 9.32 Å². The molecule has 0 saturated carbocycles. The molecule has 0 amide bonds. The molecule has 3 heteroatoms. The van der Waals surface area contributed by atoms with Crippen molar-refractivity contribution in [3.05, 3.63) is 84.4 Å². The second-order valence-electron chi connectivity index (χ2n) is 5.16. The Labute approximate surface area is 130 Å². The van der Waals surface area contributed by atoms with E-state index < -0.39 is 8.15 Å². The molecule has 1 heterocycles. The first kappa shape index (κ1) is 13.2. The Morgan fingerprint density at radius 3 is 2.00 bits per heavy atom. The van der Waals surface area contributed by atoms with E-state index in [0.29, 0.717) is 0 Å². The Morgan fingerprint density at radius 1 is 0.636 bits per heavy atom. The van der Waals surface area contributed by atoms with Crippen LogP contribution in [0.3, 0.4) is 0 Å². The molecule has 1 unspecified atom stereocenters. The Morgan fingerprint density at radius 2 is 1.23 bits per heavy atom. The second kappa shape index (κ2) is 5.40. The van der Waals surface area contributed by atoms with Crippen LogP contribution in [0.4, 0.5) is 0 Å². The molecule has 3 aromatic rings. The average Bonchev–Trinajstić information content (AvgIpc) is 2.59. The maximum atomic E-state index is 12.9. The fourth-order valence-electron chi connectivity index (χ4n) is 2.78. The van der Waals surface area contributed by atoms with Gasteiger partial charge in [0, 0.05) is 11.1 Å². The normalized spacial score (nSPS) is 15.8. The van der Waals surface area contributed by atoms with Gasteiger partial charge in [0.1, 0.15) is 5.30 Å². The van der Waals surface area contributed by atoms with Gasteiger partial charge in [0.2, 0.25) is 0 Å². The van der Waals surface area contributed by atoms with Crippen molar-refractivity contribution in [3.8, 4) is 16.9 Å². The maximum Gasteiger partial charge on any atom is 0.339 e. The van der Waals surface area contributed by atoms with Crippen molar-refractivity contribution in [1.29, 1.82) is 0 Å². The number of hydrogen-bond acceptors (Lipinski definition) is 2. The van der Waals surface area contributed by atoms with Gasteiger partial charge in [-0.3, -0.25) is 0 Å². The zero-order chi connectivity index (χ0) is 14.9. The summed E-state index contributed by atoms with van der Waals surface area (Å²) in [6.07, 6.45) is 0. The van der Waals surface area contributed by atoms with Gasteiger partial charge in [-0.2, -0.15) is 0 Å². The van der Waals surface area contributed by atoms with E-state index in [-0.39, 0.29) is 5.52 Å². The SMILES string of the molecule is O=C1c2ccccc2-c2ccccc2[PH+]1Oc1ccccc1. The molecule has 0 saturated heterocycles. The van der Waals surface area contributed by atoms with E-state index in [4.69, 9.17) is 4.52 Å². The zero-order valence-electron chi connectivity index (χ0n) is 11.8. The lowest BCUT2D eigenvalue weighted by atomic mass is 10.00. The third-order valence-electron chi connectivity index (χ3n) is 3.80. The molecule has 0 fully saturated rings. The van der Waals surface area contributed by atoms with Crippen molar-refractivity contribution in [3.63, 3.8) is 0 Å². The minimum atomic E-state index is -1.79. The summed E-state index contributed by atoms with van der Waals surface area (Å²) in [6, 6.07) is 25.4. The summed E-state index contributed by atoms with van der Waals surface area (Å²) in [5, 5.41) is 1.03. The molecule has 0 N–H and O–H groups in total. The summed E-state index contributed by atoms with van der Waals surface area (Å²) < 4.78 is 6.10. The first-order valence-corrected chi connectivity index (χ1v) is 8.59. The average molecular weight is 305 g/mol. The number of carbonyl (C=O) groups is 1. The van der Waals surface area contributed by atoms with Crippen molar-refractivity contribution in [2.45, 2.75) is 0 Å². The number of hydrogen-bond donors (Lipinski definition) is 0. The number of rotatable bonds is 2. The summed E-state index contributed by atoms with van der Waals surface area (Å²) in [5.74, 6) is 0.749. The highest BCUT2D eigenvalue weighted by atomic mass is 31.1. The van der Waals surface area contributed by atoms with Crippen LogP contribution in [0.2, 0.25) is 0 Å². The number of benzene rings is 3. The van der Waals surface area contributed by atoms with E-state index in [1.165, 1.54) is 0 Å². The van der Waals surface area contributed by atoms with Crippen LogP contribution in [-0.2, 0) is 0 Å². The molecule has 0 bridgehead atoms. The fourth-order valence-corrected chi connectivity index (χ4v) is 4.78. The minimum Gasteiger partial charge on any atom is -0.339 e. The molecule has 1 atom stereocenters. The lowest BCUT2D eigenvalue weighted by Gasteiger charge is -2.19. The van der Waals surface area contributed by atoms with E-state index in [1.54, 1.807) is 0 Å². The smallest absolute Gasteiger partial charge is 0.339 e. The number of carbonyl (C=O) groups excluding carboxylic acids is 1. The van der Waals surface area contributed by atoms with Crippen LogP contribution in [0.25, 0.3) is 11.1 Å². The monoisotopic (exact) mass is 305 g/mol. The first-order chi connectivity index (χ1) is 10.8. The molecule has 2 nitrogen and oxygen atoms in total. The zero-order valence-corrected chi connectivity index (χ0v) is 12.8. The summed E-state index contributed by atoms with van der Waals surface area (Å²) in [7, 11) is -1.79. The molecule has 4 rings (SSSR count). The van der Waals surface area contributed by atoms with Crippen molar-refractivity contribution in [2.75, 3.05) is 0 Å². The van der Waals surface area contributed by atoms with Gasteiger partial charge in [-0.05, 0) is 24.3 Å². The standard InChI is InChI=1S/C19H13O2P/c20-19-17-12-5-4-10-15(17)16-11-6-7-13-18(16)22(19)21-14-8-2-1-3-9-14/h1-13H/p+1. The Kier molecular flexibility index (Phi) is 3.25. The van der Waals surface area contributed by atoms with Crippen molar-refractivity contribution >= 4 is 19.0 Å². The molecule has 1 aliphatic rings. The van der Waals surface area contributed by atoms with Gasteiger partial charge in [-0.1, -0.05) is 54.6 Å². The van der Waals surface area contributed by atoms with Crippen molar-refractivity contribution in [1.82, 2.24) is 0 Å². The molecule has 3 aromatic carbocycles. The lowest BCUT2D eigenvalue weighted by Crippen LogP contribution is -2.21. The van der Waals surface area contributed by atoms with E-state index in [0.717, 1.165) is 27.7 Å². The highest BCUT2D eigenvalue weighted by Gasteiger charge is 2.41. The summed E-state index contributed by atoms with van der Waals surface area (Å²) in [4.78, 5) is 12.9. The van der Waals surface area contributed by atoms with E-state index >= 15 is 0 Å². The Bertz CT molecular complexity index is 843. The molecule has 0 aliphatic carbocycles. The molecule has 0 spiro atoms. The van der Waals surface area contributed by atoms with Gasteiger partial charge in [-0.25, -0.2) is 4.79 Å². The first-order valence-electron chi connectivity index (χ1n) is 7.18. The lowest BCUT2D eigenvalue weighted by molar-refractivity contribution is 0.107. The van der Waals surface area contributed by atoms with Crippen molar-refractivity contribution in [2.24, 2.45) is 0 Å². The van der Waals surface area contributed by atoms with Gasteiger partial charge < -0.3 is 4.52 Å². The number of para-hydroxylation sites is 1. The van der Waals surface area contributed by atoms with Gasteiger partial charge in [0.15, 0.2) is 5.75 Å². The van der Waals surface area contributed by atoms with Crippen LogP contribution in [0, 0.1) is 0 Å². The summed E-state index contributed by atoms with van der Waals surface area (Å²) in [5.41, 5.74) is 3.00. The van der Waals surface area contributed by atoms with Gasteiger partial charge in [0.05, 0.1) is 5.56 Å². The Hall–Kier alpha value is -2.44. The van der Waals surface area contributed by atoms with Crippen LogP contribution in [-0.4, -0.2) is 5.52 Å². The van der Waals surface area contributed by atoms with Crippen LogP contribution in [0.15, 0.2) is 78.9 Å². The minimum absolute atomic E-state index is 0.114. The predicted molar refractivity (Wildman–Crippen MR) is 91.2 cm³/mol. The van der Waals surface area contributed by atoms with Crippen LogP contribution in [0.5, 0.6) is 5.75 Å². The van der Waals surface area contributed by atoms with Crippen LogP contribution < -0.4 is 9.83 Å². The summed E-state index contributed by atoms with van der Waals surface area (Å²) in [6.45, 7) is 0. The molecule has 22 heavy (non-hydrogen) atoms. The Balaban J connectivity index is 1.85. The fraction of sp³-hybridized carbons (Fsp3) is 0. The largest absolute Gasteiger partial charge is 0.339 e. The predicted octanol–water partition coefficient (Wildman–Crippen LogP) is 4.34. The maximum absolute atomic E-state index is 12.9. The second-order valence-corrected chi connectivity index (χ2v) is 7.02. The van der Waals surface area contributed by atoms with E-state index in [2.05, 4.69) is 6.07 Å². The molecular formula is C19H14O2P+. The molecule has 0 radical (unpaired) electrons. The molecular weight excluding hydrogens is 291 g/mol. The number of fused-ring (bicyclic) bond motifs is 3. The molecule has 106 valence electrons. The van der Waals surface area contributed by atoms with Crippen LogP contribution >= 0.6 is 8.15 Å². The van der Waals surface area contributed by atoms with Gasteiger partial charge in [0.25, 0.3) is 8.15 Å². The van der Waals surface area contributed by atoms with E-state index in [9.17, 15) is 4.79 Å². The highest BCUT2D eigenvalue weighted by Crippen LogP contribution is 2.48. The highest BCUT2D eigenvalue weighted by molar-refractivity contribution is 7.78. The van der Waals surface area contributed by atoms with Crippen LogP contribution in [0.1, 0.15) is 10.4 Å². The topological polar surface area (TPSA) is 26.3 Å². The molecule has 0 aromatic heterocycles. The quantitative estimate of drug-likeness (QED) is 0.658. The molecule has 1 aliphatic heterocycles.